The number of aryl methyl sites for hydroxylation is 1. The molecule has 0 aliphatic rings. The first-order valence-corrected chi connectivity index (χ1v) is 3.65. The lowest BCUT2D eigenvalue weighted by Gasteiger charge is -2.02. The summed E-state index contributed by atoms with van der Waals surface area (Å²) in [6, 6.07) is 0. The second-order valence-corrected chi connectivity index (χ2v) is 2.28. The average molecular weight is 152 g/mol. The van der Waals surface area contributed by atoms with Crippen LogP contribution in [-0.2, 0) is 17.8 Å². The fraction of sp³-hybridized carbons (Fsp3) is 0.500. The smallest absolute Gasteiger partial charge is 0.115 e. The largest absolute Gasteiger partial charge is 0.380 e. The number of hydrogen-bond acceptors (Lipinski definition) is 3. The molecule has 0 aromatic carbocycles. The van der Waals surface area contributed by atoms with E-state index in [1.54, 1.807) is 19.6 Å². The van der Waals surface area contributed by atoms with Gasteiger partial charge in [0.15, 0.2) is 0 Å². The Bertz CT molecular complexity index is 225. The summed E-state index contributed by atoms with van der Waals surface area (Å²) in [5.74, 6) is 0. The molecule has 0 aliphatic carbocycles. The first-order chi connectivity index (χ1) is 5.38. The van der Waals surface area contributed by atoms with Gasteiger partial charge in [-0.3, -0.25) is 0 Å². The molecular weight excluding hydrogens is 140 g/mol. The second kappa shape index (κ2) is 4.03. The molecule has 1 aromatic rings. The average Bonchev–Trinajstić information content (AvgIpc) is 2.06. The van der Waals surface area contributed by atoms with Crippen molar-refractivity contribution in [2.45, 2.75) is 20.0 Å². The molecule has 3 heteroatoms. The van der Waals surface area contributed by atoms with Crippen molar-refractivity contribution in [1.29, 1.82) is 0 Å². The lowest BCUT2D eigenvalue weighted by molar-refractivity contribution is 0.183. The van der Waals surface area contributed by atoms with E-state index in [2.05, 4.69) is 16.9 Å². The molecule has 0 spiro atoms. The van der Waals surface area contributed by atoms with Gasteiger partial charge in [-0.2, -0.15) is 0 Å². The molecule has 1 heterocycles. The van der Waals surface area contributed by atoms with Crippen molar-refractivity contribution in [1.82, 2.24) is 9.97 Å². The summed E-state index contributed by atoms with van der Waals surface area (Å²) in [5.41, 5.74) is 2.15. The van der Waals surface area contributed by atoms with E-state index in [0.717, 1.165) is 17.7 Å². The number of ether oxygens (including phenoxy) is 1. The maximum atomic E-state index is 4.99. The molecule has 0 amide bonds. The van der Waals surface area contributed by atoms with Crippen LogP contribution in [0.25, 0.3) is 0 Å². The molecule has 60 valence electrons. The fourth-order valence-electron chi connectivity index (χ4n) is 0.978. The first kappa shape index (κ1) is 8.14. The van der Waals surface area contributed by atoms with Crippen molar-refractivity contribution >= 4 is 0 Å². The van der Waals surface area contributed by atoms with E-state index >= 15 is 0 Å². The molecule has 11 heavy (non-hydrogen) atoms. The summed E-state index contributed by atoms with van der Waals surface area (Å²) >= 11 is 0. The molecule has 0 saturated carbocycles. The summed E-state index contributed by atoms with van der Waals surface area (Å²) in [7, 11) is 1.67. The van der Waals surface area contributed by atoms with E-state index in [1.807, 2.05) is 0 Å². The van der Waals surface area contributed by atoms with Crippen molar-refractivity contribution in [2.24, 2.45) is 0 Å². The predicted molar refractivity (Wildman–Crippen MR) is 42.1 cm³/mol. The van der Waals surface area contributed by atoms with Crippen LogP contribution in [0.2, 0.25) is 0 Å². The summed E-state index contributed by atoms with van der Waals surface area (Å²) in [5, 5.41) is 0. The van der Waals surface area contributed by atoms with Crippen molar-refractivity contribution in [3.05, 3.63) is 23.8 Å². The summed E-state index contributed by atoms with van der Waals surface area (Å²) in [6.45, 7) is 2.67. The topological polar surface area (TPSA) is 35.0 Å². The van der Waals surface area contributed by atoms with Gasteiger partial charge >= 0.3 is 0 Å². The van der Waals surface area contributed by atoms with E-state index in [4.69, 9.17) is 4.74 Å². The van der Waals surface area contributed by atoms with Gasteiger partial charge < -0.3 is 4.74 Å². The van der Waals surface area contributed by atoms with Gasteiger partial charge in [0.05, 0.1) is 6.61 Å². The van der Waals surface area contributed by atoms with Crippen LogP contribution in [0.1, 0.15) is 18.2 Å². The van der Waals surface area contributed by atoms with E-state index in [1.165, 1.54) is 0 Å². The van der Waals surface area contributed by atoms with E-state index in [0.29, 0.717) is 6.61 Å². The molecule has 0 radical (unpaired) electrons. The molecular formula is C8H12N2O. The highest BCUT2D eigenvalue weighted by Gasteiger charge is 1.99. The van der Waals surface area contributed by atoms with Gasteiger partial charge in [-0.1, -0.05) is 6.92 Å². The summed E-state index contributed by atoms with van der Waals surface area (Å²) < 4.78 is 4.99. The number of rotatable bonds is 3. The van der Waals surface area contributed by atoms with E-state index in [-0.39, 0.29) is 0 Å². The zero-order valence-electron chi connectivity index (χ0n) is 6.87. The Morgan fingerprint density at radius 3 is 3.00 bits per heavy atom. The molecule has 0 N–H and O–H groups in total. The minimum Gasteiger partial charge on any atom is -0.380 e. The molecule has 0 aliphatic heterocycles. The first-order valence-electron chi connectivity index (χ1n) is 3.65. The van der Waals surface area contributed by atoms with Gasteiger partial charge in [0.1, 0.15) is 6.33 Å². The van der Waals surface area contributed by atoms with Crippen LogP contribution in [0.15, 0.2) is 12.5 Å². The quantitative estimate of drug-likeness (QED) is 0.652. The lowest BCUT2D eigenvalue weighted by Crippen LogP contribution is -1.98. The zero-order valence-corrected chi connectivity index (χ0v) is 6.87. The maximum absolute atomic E-state index is 4.99. The second-order valence-electron chi connectivity index (χ2n) is 2.28. The third-order valence-corrected chi connectivity index (χ3v) is 1.52. The minimum atomic E-state index is 0.601. The highest BCUT2D eigenvalue weighted by atomic mass is 16.5. The Kier molecular flexibility index (Phi) is 2.98. The number of hydrogen-bond donors (Lipinski definition) is 0. The highest BCUT2D eigenvalue weighted by molar-refractivity contribution is 5.14. The van der Waals surface area contributed by atoms with Gasteiger partial charge in [0, 0.05) is 24.6 Å². The molecule has 0 atom stereocenters. The molecule has 3 nitrogen and oxygen atoms in total. The molecule has 0 fully saturated rings. The van der Waals surface area contributed by atoms with Crippen LogP contribution in [0.4, 0.5) is 0 Å². The number of aromatic nitrogens is 2. The van der Waals surface area contributed by atoms with Gasteiger partial charge in [-0.05, 0) is 6.42 Å². The molecule has 0 saturated heterocycles. The van der Waals surface area contributed by atoms with Crippen molar-refractivity contribution in [3.63, 3.8) is 0 Å². The molecule has 1 rings (SSSR count). The van der Waals surface area contributed by atoms with Crippen molar-refractivity contribution in [2.75, 3.05) is 7.11 Å². The zero-order chi connectivity index (χ0) is 8.10. The van der Waals surface area contributed by atoms with Crippen LogP contribution in [0.3, 0.4) is 0 Å². The minimum absolute atomic E-state index is 0.601. The highest BCUT2D eigenvalue weighted by Crippen LogP contribution is 2.04. The number of methoxy groups -OCH3 is 1. The van der Waals surface area contributed by atoms with Crippen LogP contribution < -0.4 is 0 Å². The molecule has 0 bridgehead atoms. The Balaban J connectivity index is 2.83. The van der Waals surface area contributed by atoms with Gasteiger partial charge in [-0.15, -0.1) is 0 Å². The van der Waals surface area contributed by atoms with Gasteiger partial charge in [0.2, 0.25) is 0 Å². The summed E-state index contributed by atoms with van der Waals surface area (Å²) in [4.78, 5) is 8.05. The van der Waals surface area contributed by atoms with Crippen LogP contribution in [0.5, 0.6) is 0 Å². The van der Waals surface area contributed by atoms with E-state index in [9.17, 15) is 0 Å². The van der Waals surface area contributed by atoms with Crippen LogP contribution in [-0.4, -0.2) is 17.1 Å². The third-order valence-electron chi connectivity index (χ3n) is 1.52. The third kappa shape index (κ3) is 1.98. The van der Waals surface area contributed by atoms with Crippen LogP contribution in [0, 0.1) is 0 Å². The van der Waals surface area contributed by atoms with Gasteiger partial charge in [0.25, 0.3) is 0 Å². The molecule has 1 aromatic heterocycles. The van der Waals surface area contributed by atoms with Crippen LogP contribution >= 0.6 is 0 Å². The van der Waals surface area contributed by atoms with Crippen molar-refractivity contribution in [3.8, 4) is 0 Å². The lowest BCUT2D eigenvalue weighted by atomic mass is 10.2. The predicted octanol–water partition coefficient (Wildman–Crippen LogP) is 1.19. The fourth-order valence-corrected chi connectivity index (χ4v) is 0.978. The Labute approximate surface area is 66.4 Å². The van der Waals surface area contributed by atoms with E-state index < -0.39 is 0 Å². The standard InChI is InChI=1S/C8H12N2O/c1-3-8-7(5-11-2)4-9-6-10-8/h4,6H,3,5H2,1-2H3. The Morgan fingerprint density at radius 1 is 1.55 bits per heavy atom. The van der Waals surface area contributed by atoms with Gasteiger partial charge in [-0.25, -0.2) is 9.97 Å². The number of nitrogens with zero attached hydrogens (tertiary/aromatic N) is 2. The Hall–Kier alpha value is -0.960. The monoisotopic (exact) mass is 152 g/mol. The SMILES string of the molecule is CCc1ncncc1COC. The van der Waals surface area contributed by atoms with Crippen molar-refractivity contribution < 1.29 is 4.74 Å². The Morgan fingerprint density at radius 2 is 2.36 bits per heavy atom. The normalized spacial score (nSPS) is 10.0. The maximum Gasteiger partial charge on any atom is 0.115 e. The summed E-state index contributed by atoms with van der Waals surface area (Å²) in [6.07, 6.45) is 4.30. The molecule has 0 unspecified atom stereocenters.